The number of aromatic hydroxyl groups is 1. The van der Waals surface area contributed by atoms with Gasteiger partial charge in [-0.15, -0.1) is 11.8 Å². The second-order valence-corrected chi connectivity index (χ2v) is 12.7. The summed E-state index contributed by atoms with van der Waals surface area (Å²) in [5.74, 6) is -2.60. The summed E-state index contributed by atoms with van der Waals surface area (Å²) < 4.78 is 0. The van der Waals surface area contributed by atoms with Crippen LogP contribution >= 0.6 is 11.8 Å². The number of hydrogen-bond donors (Lipinski definition) is 5. The van der Waals surface area contributed by atoms with Crippen LogP contribution in [0.5, 0.6) is 5.75 Å². The lowest BCUT2D eigenvalue weighted by atomic mass is 10.0. The zero-order valence-electron chi connectivity index (χ0n) is 23.1. The van der Waals surface area contributed by atoms with Crippen LogP contribution in [0, 0.1) is 0 Å². The molecule has 2 aliphatic rings. The first kappa shape index (κ1) is 30.4. The summed E-state index contributed by atoms with van der Waals surface area (Å²) >= 11 is 1.23. The highest BCUT2D eigenvalue weighted by molar-refractivity contribution is 8.01. The van der Waals surface area contributed by atoms with Crippen molar-refractivity contribution in [1.29, 1.82) is 0 Å². The summed E-state index contributed by atoms with van der Waals surface area (Å²) in [6.45, 7) is 3.87. The average Bonchev–Trinajstić information content (AvgIpc) is 3.51. The van der Waals surface area contributed by atoms with E-state index in [1.807, 2.05) is 30.3 Å². The number of nitrogens with zero attached hydrogens (tertiary/aromatic N) is 2. The molecule has 2 saturated heterocycles. The molecule has 2 aromatic rings. The van der Waals surface area contributed by atoms with Gasteiger partial charge in [-0.3, -0.25) is 19.7 Å². The van der Waals surface area contributed by atoms with E-state index in [0.29, 0.717) is 19.4 Å². The minimum absolute atomic E-state index is 0.0845. The fourth-order valence-corrected chi connectivity index (χ4v) is 7.15. The van der Waals surface area contributed by atoms with Crippen LogP contribution in [0.1, 0.15) is 37.8 Å². The topological polar surface area (TPSA) is 179 Å². The van der Waals surface area contributed by atoms with Crippen molar-refractivity contribution in [2.24, 2.45) is 11.5 Å². The molecule has 7 N–H and O–H groups in total. The largest absolute Gasteiger partial charge is 0.508 e. The third-order valence-electron chi connectivity index (χ3n) is 7.57. The maximum Gasteiger partial charge on any atom is 0.329 e. The minimum Gasteiger partial charge on any atom is -0.508 e. The van der Waals surface area contributed by atoms with Crippen molar-refractivity contribution in [1.82, 2.24) is 15.1 Å². The Balaban J connectivity index is 1.60. The molecule has 5 atom stereocenters. The quantitative estimate of drug-likeness (QED) is 0.273. The summed E-state index contributed by atoms with van der Waals surface area (Å²) in [7, 11) is 0. The van der Waals surface area contributed by atoms with Crippen LogP contribution in [-0.2, 0) is 32.0 Å². The molecule has 0 aromatic heterocycles. The van der Waals surface area contributed by atoms with Crippen molar-refractivity contribution in [3.05, 3.63) is 65.7 Å². The highest BCUT2D eigenvalue weighted by Gasteiger charge is 2.54. The van der Waals surface area contributed by atoms with Crippen LogP contribution in [-0.4, -0.2) is 84.7 Å². The number of rotatable bonds is 10. The summed E-state index contributed by atoms with van der Waals surface area (Å²) in [4.78, 5) is 54.0. The van der Waals surface area contributed by atoms with Crippen LogP contribution in [0.3, 0.4) is 0 Å². The molecule has 0 radical (unpaired) electrons. The predicted molar refractivity (Wildman–Crippen MR) is 155 cm³/mol. The van der Waals surface area contributed by atoms with Crippen molar-refractivity contribution in [2.75, 3.05) is 6.54 Å². The van der Waals surface area contributed by atoms with E-state index in [1.54, 1.807) is 26.0 Å². The number of carboxylic acids is 1. The number of aliphatic carboxylic acids is 1. The highest BCUT2D eigenvalue weighted by atomic mass is 32.2. The van der Waals surface area contributed by atoms with E-state index in [1.165, 1.54) is 33.7 Å². The predicted octanol–water partition coefficient (Wildman–Crippen LogP) is 1.03. The lowest BCUT2D eigenvalue weighted by Crippen LogP contribution is -2.60. The Kier molecular flexibility index (Phi) is 9.25. The van der Waals surface area contributed by atoms with Gasteiger partial charge in [0.05, 0.1) is 22.3 Å². The Labute approximate surface area is 243 Å². The van der Waals surface area contributed by atoms with Crippen LogP contribution in [0.2, 0.25) is 0 Å². The van der Waals surface area contributed by atoms with Crippen LogP contribution < -0.4 is 16.8 Å². The maximum absolute atomic E-state index is 13.8. The van der Waals surface area contributed by atoms with Crippen molar-refractivity contribution in [3.63, 3.8) is 0 Å². The summed E-state index contributed by atoms with van der Waals surface area (Å²) in [6.07, 6.45) is 1.52. The molecule has 2 fully saturated rings. The average molecular weight is 584 g/mol. The Morgan fingerprint density at radius 2 is 1.66 bits per heavy atom. The zero-order chi connectivity index (χ0) is 29.9. The van der Waals surface area contributed by atoms with E-state index in [2.05, 4.69) is 5.32 Å². The molecule has 2 heterocycles. The molecule has 12 heteroatoms. The van der Waals surface area contributed by atoms with Gasteiger partial charge in [0.25, 0.3) is 0 Å². The van der Waals surface area contributed by atoms with Gasteiger partial charge < -0.3 is 31.5 Å². The molecule has 4 rings (SSSR count). The molecule has 11 nitrogen and oxygen atoms in total. The first-order chi connectivity index (χ1) is 19.4. The molecule has 0 bridgehead atoms. The number of nitrogens with one attached hydrogen (secondary N) is 1. The highest BCUT2D eigenvalue weighted by Crippen LogP contribution is 2.44. The van der Waals surface area contributed by atoms with Crippen molar-refractivity contribution in [2.45, 2.75) is 73.9 Å². The van der Waals surface area contributed by atoms with E-state index in [4.69, 9.17) is 11.5 Å². The van der Waals surface area contributed by atoms with Gasteiger partial charge in [-0.2, -0.15) is 0 Å². The van der Waals surface area contributed by atoms with Gasteiger partial charge in [-0.1, -0.05) is 42.5 Å². The Morgan fingerprint density at radius 3 is 2.27 bits per heavy atom. The Morgan fingerprint density at radius 1 is 1.02 bits per heavy atom. The number of hydrogen-bond acceptors (Lipinski definition) is 8. The number of primary amides is 1. The van der Waals surface area contributed by atoms with Crippen molar-refractivity contribution in [3.8, 4) is 5.75 Å². The normalized spacial score (nSPS) is 23.2. The van der Waals surface area contributed by atoms with Gasteiger partial charge in [0, 0.05) is 6.54 Å². The third kappa shape index (κ3) is 6.83. The molecule has 0 spiro atoms. The molecule has 0 aliphatic carbocycles. The lowest BCUT2D eigenvalue weighted by Gasteiger charge is -2.35. The number of nitrogens with two attached hydrogens (primary N) is 2. The van der Waals surface area contributed by atoms with Gasteiger partial charge in [0.1, 0.15) is 11.8 Å². The molecule has 220 valence electrons. The van der Waals surface area contributed by atoms with Crippen molar-refractivity contribution < 1.29 is 29.4 Å². The van der Waals surface area contributed by atoms with E-state index in [0.717, 1.165) is 11.1 Å². The van der Waals surface area contributed by atoms with Gasteiger partial charge in [-0.05, 0) is 62.8 Å². The summed E-state index contributed by atoms with van der Waals surface area (Å²) in [5.41, 5.74) is 13.4. The fourth-order valence-electron chi connectivity index (χ4n) is 5.61. The van der Waals surface area contributed by atoms with E-state index in [-0.39, 0.29) is 24.5 Å². The van der Waals surface area contributed by atoms with E-state index < -0.39 is 52.2 Å². The monoisotopic (exact) mass is 583 g/mol. The number of carboxylic acid groups (broad SMARTS) is 1. The smallest absolute Gasteiger partial charge is 0.329 e. The Bertz CT molecular complexity index is 1270. The maximum atomic E-state index is 13.8. The first-order valence-corrected chi connectivity index (χ1v) is 14.4. The molecule has 0 unspecified atom stereocenters. The van der Waals surface area contributed by atoms with Crippen LogP contribution in [0.15, 0.2) is 54.6 Å². The fraction of sp³-hybridized carbons (Fsp3) is 0.448. The molecule has 2 aliphatic heterocycles. The molecule has 0 saturated carbocycles. The van der Waals surface area contributed by atoms with Gasteiger partial charge in [-0.25, -0.2) is 4.79 Å². The lowest BCUT2D eigenvalue weighted by molar-refractivity contribution is -0.152. The van der Waals surface area contributed by atoms with Gasteiger partial charge in [0.2, 0.25) is 17.7 Å². The Hall–Kier alpha value is -3.61. The number of thioether (sulfide) groups is 1. The van der Waals surface area contributed by atoms with E-state index in [9.17, 15) is 29.4 Å². The molecule has 2 aromatic carbocycles. The minimum atomic E-state index is -1.31. The number of phenolic OH excluding ortho intramolecular Hbond substituents is 1. The molecular weight excluding hydrogens is 546 g/mol. The van der Waals surface area contributed by atoms with E-state index >= 15 is 0 Å². The second-order valence-electron chi connectivity index (χ2n) is 11.0. The van der Waals surface area contributed by atoms with Crippen molar-refractivity contribution >= 4 is 35.5 Å². The standard InChI is InChI=1S/C29H37N5O6S/c1-29(2)34(26(37)20(30)15-18-10-12-19(35)13-11-18)23(28(39)40)25(41-29)32-21(16-17-7-4-3-5-8-17)27(38)33-14-6-9-22(33)24(31)36/h3-5,7-8,10-13,20-23,25,32,35H,6,9,14-16,30H2,1-2H3,(H2,31,36)(H,39,40)/t20-,21+,22-,23-,25-/m0/s1. The first-order valence-electron chi connectivity index (χ1n) is 13.6. The number of carbonyl (C=O) groups is 4. The number of phenols is 1. The van der Waals surface area contributed by atoms with Crippen LogP contribution in [0.4, 0.5) is 0 Å². The van der Waals surface area contributed by atoms with Crippen LogP contribution in [0.25, 0.3) is 0 Å². The number of likely N-dealkylation sites (tertiary alicyclic amines) is 1. The molecular formula is C29H37N5O6S. The second kappa shape index (κ2) is 12.5. The molecule has 3 amide bonds. The summed E-state index contributed by atoms with van der Waals surface area (Å²) in [5, 5.41) is 22.3. The third-order valence-corrected chi connectivity index (χ3v) is 8.99. The molecule has 41 heavy (non-hydrogen) atoms. The number of carbonyl (C=O) groups excluding carboxylic acids is 3. The summed E-state index contributed by atoms with van der Waals surface area (Å²) in [6, 6.07) is 11.7. The van der Waals surface area contributed by atoms with Gasteiger partial charge >= 0.3 is 5.97 Å². The van der Waals surface area contributed by atoms with Gasteiger partial charge in [0.15, 0.2) is 6.04 Å². The number of amides is 3. The zero-order valence-corrected chi connectivity index (χ0v) is 23.9. The SMILES string of the molecule is CC1(C)S[C@H](N[C@H](Cc2ccccc2)C(=O)N2CCC[C@H]2C(N)=O)[C@@H](C(=O)O)N1C(=O)[C@@H](N)Cc1ccc(O)cc1. The number of benzene rings is 2.